The fourth-order valence-corrected chi connectivity index (χ4v) is 6.39. The van der Waals surface area contributed by atoms with Crippen molar-refractivity contribution in [2.24, 2.45) is 0 Å². The third-order valence-electron chi connectivity index (χ3n) is 8.42. The van der Waals surface area contributed by atoms with Gasteiger partial charge in [-0.25, -0.2) is 9.97 Å². The average Bonchev–Trinajstić information content (AvgIpc) is 3.67. The first-order valence-electron chi connectivity index (χ1n) is 15.8. The molecule has 0 saturated carbocycles. The molecule has 46 heavy (non-hydrogen) atoms. The SMILES string of the molecule is CC.c1ccc(-c2cc(-c3ccccc3-n3c4ccccc4c4cc5oc6ccccc6c5cc43)nc(-c3ccccc3)n2)cc1. The predicted octanol–water partition coefficient (Wildman–Crippen LogP) is 11.5. The van der Waals surface area contributed by atoms with Crippen molar-refractivity contribution in [3.05, 3.63) is 152 Å². The number of aromatic nitrogens is 3. The summed E-state index contributed by atoms with van der Waals surface area (Å²) in [4.78, 5) is 10.2. The molecule has 0 saturated heterocycles. The highest BCUT2D eigenvalue weighted by atomic mass is 16.3. The van der Waals surface area contributed by atoms with Gasteiger partial charge in [0.1, 0.15) is 11.2 Å². The topological polar surface area (TPSA) is 43.9 Å². The van der Waals surface area contributed by atoms with Crippen LogP contribution in [-0.4, -0.2) is 14.5 Å². The molecule has 0 radical (unpaired) electrons. The molecule has 0 N–H and O–H groups in total. The highest BCUT2D eigenvalue weighted by Crippen LogP contribution is 2.40. The normalized spacial score (nSPS) is 11.3. The van der Waals surface area contributed by atoms with Gasteiger partial charge >= 0.3 is 0 Å². The molecule has 220 valence electrons. The molecular weight excluding hydrogens is 562 g/mol. The van der Waals surface area contributed by atoms with Gasteiger partial charge < -0.3 is 8.98 Å². The summed E-state index contributed by atoms with van der Waals surface area (Å²) in [5.41, 5.74) is 9.93. The third kappa shape index (κ3) is 4.54. The molecule has 0 aliphatic heterocycles. The highest BCUT2D eigenvalue weighted by Gasteiger charge is 2.19. The number of benzene rings is 6. The van der Waals surface area contributed by atoms with Crippen molar-refractivity contribution >= 4 is 43.7 Å². The van der Waals surface area contributed by atoms with E-state index in [2.05, 4.69) is 108 Å². The monoisotopic (exact) mass is 593 g/mol. The third-order valence-corrected chi connectivity index (χ3v) is 8.42. The van der Waals surface area contributed by atoms with Gasteiger partial charge in [0, 0.05) is 38.2 Å². The Balaban J connectivity index is 0.00000153. The molecule has 0 atom stereocenters. The lowest BCUT2D eigenvalue weighted by molar-refractivity contribution is 0.669. The predicted molar refractivity (Wildman–Crippen MR) is 191 cm³/mol. The molecule has 4 nitrogen and oxygen atoms in total. The molecule has 3 heterocycles. The van der Waals surface area contributed by atoms with E-state index in [1.54, 1.807) is 0 Å². The fraction of sp³-hybridized carbons (Fsp3) is 0.0476. The molecule has 4 heteroatoms. The van der Waals surface area contributed by atoms with Crippen LogP contribution >= 0.6 is 0 Å². The van der Waals surface area contributed by atoms with Crippen molar-refractivity contribution in [3.63, 3.8) is 0 Å². The van der Waals surface area contributed by atoms with Gasteiger partial charge in [0.25, 0.3) is 0 Å². The lowest BCUT2D eigenvalue weighted by atomic mass is 10.0. The zero-order valence-electron chi connectivity index (χ0n) is 25.7. The van der Waals surface area contributed by atoms with Crippen molar-refractivity contribution in [2.45, 2.75) is 13.8 Å². The largest absolute Gasteiger partial charge is 0.456 e. The molecule has 9 rings (SSSR count). The standard InChI is InChI=1S/C40H25N3O.C2H6/c1-3-13-26(14-4-1)33-25-34(42-40(41-33)27-15-5-2-6-16-27)30-19-8-11-21-36(30)43-35-20-10-7-17-28(35)31-24-39-32(23-37(31)43)29-18-9-12-22-38(29)44-39;1-2/h1-25H;1-2H3. The highest BCUT2D eigenvalue weighted by molar-refractivity contribution is 6.17. The van der Waals surface area contributed by atoms with E-state index in [1.165, 1.54) is 5.39 Å². The van der Waals surface area contributed by atoms with Crippen molar-refractivity contribution in [1.82, 2.24) is 14.5 Å². The van der Waals surface area contributed by atoms with Crippen molar-refractivity contribution < 1.29 is 4.42 Å². The van der Waals surface area contributed by atoms with E-state index in [4.69, 9.17) is 14.4 Å². The van der Waals surface area contributed by atoms with Gasteiger partial charge in [-0.05, 0) is 36.4 Å². The van der Waals surface area contributed by atoms with Crippen LogP contribution in [-0.2, 0) is 0 Å². The van der Waals surface area contributed by atoms with Crippen LogP contribution in [0.4, 0.5) is 0 Å². The Morgan fingerprint density at radius 3 is 1.89 bits per heavy atom. The number of furan rings is 1. The molecule has 3 aromatic heterocycles. The summed E-state index contributed by atoms with van der Waals surface area (Å²) >= 11 is 0. The second-order valence-electron chi connectivity index (χ2n) is 11.0. The van der Waals surface area contributed by atoms with E-state index in [9.17, 15) is 0 Å². The molecule has 0 bridgehead atoms. The van der Waals surface area contributed by atoms with E-state index in [-0.39, 0.29) is 0 Å². The van der Waals surface area contributed by atoms with Crippen molar-refractivity contribution in [2.75, 3.05) is 0 Å². The van der Waals surface area contributed by atoms with Gasteiger partial charge in [-0.15, -0.1) is 0 Å². The molecule has 9 aromatic rings. The molecule has 0 unspecified atom stereocenters. The van der Waals surface area contributed by atoms with E-state index >= 15 is 0 Å². The minimum atomic E-state index is 0.700. The molecule has 0 spiro atoms. The van der Waals surface area contributed by atoms with E-state index in [0.717, 1.165) is 72.1 Å². The maximum Gasteiger partial charge on any atom is 0.160 e. The fourth-order valence-electron chi connectivity index (χ4n) is 6.39. The van der Waals surface area contributed by atoms with Crippen LogP contribution in [0, 0.1) is 0 Å². The van der Waals surface area contributed by atoms with Gasteiger partial charge in [0.2, 0.25) is 0 Å². The zero-order chi connectivity index (χ0) is 31.0. The number of fused-ring (bicyclic) bond motifs is 6. The summed E-state index contributed by atoms with van der Waals surface area (Å²) in [6.07, 6.45) is 0. The Morgan fingerprint density at radius 1 is 0.457 bits per heavy atom. The minimum Gasteiger partial charge on any atom is -0.456 e. The van der Waals surface area contributed by atoms with E-state index in [0.29, 0.717) is 5.82 Å². The van der Waals surface area contributed by atoms with Crippen LogP contribution in [0.5, 0.6) is 0 Å². The van der Waals surface area contributed by atoms with Gasteiger partial charge in [-0.3, -0.25) is 0 Å². The molecule has 0 aliphatic rings. The lowest BCUT2D eigenvalue weighted by Gasteiger charge is -2.15. The molecular formula is C42H31N3O. The number of para-hydroxylation sites is 3. The van der Waals surface area contributed by atoms with Crippen molar-refractivity contribution in [3.8, 4) is 39.6 Å². The summed E-state index contributed by atoms with van der Waals surface area (Å²) in [5, 5.41) is 4.55. The summed E-state index contributed by atoms with van der Waals surface area (Å²) < 4.78 is 8.67. The number of hydrogen-bond acceptors (Lipinski definition) is 3. The maximum absolute atomic E-state index is 6.30. The Bertz CT molecular complexity index is 2430. The first-order chi connectivity index (χ1) is 22.8. The van der Waals surface area contributed by atoms with Gasteiger partial charge in [-0.2, -0.15) is 0 Å². The lowest BCUT2D eigenvalue weighted by Crippen LogP contribution is -2.00. The van der Waals surface area contributed by atoms with Gasteiger partial charge in [0.05, 0.1) is 28.1 Å². The quantitative estimate of drug-likeness (QED) is 0.204. The first kappa shape index (κ1) is 27.5. The van der Waals surface area contributed by atoms with Crippen LogP contribution in [0.3, 0.4) is 0 Å². The molecule has 0 amide bonds. The summed E-state index contributed by atoms with van der Waals surface area (Å²) in [5.74, 6) is 0.700. The summed E-state index contributed by atoms with van der Waals surface area (Å²) in [6, 6.07) is 52.5. The van der Waals surface area contributed by atoms with E-state index < -0.39 is 0 Å². The van der Waals surface area contributed by atoms with Crippen LogP contribution in [0.15, 0.2) is 156 Å². The maximum atomic E-state index is 6.30. The van der Waals surface area contributed by atoms with Crippen molar-refractivity contribution in [1.29, 1.82) is 0 Å². The second-order valence-corrected chi connectivity index (χ2v) is 11.0. The van der Waals surface area contributed by atoms with Crippen LogP contribution in [0.1, 0.15) is 13.8 Å². The average molecular weight is 594 g/mol. The van der Waals surface area contributed by atoms with Crippen LogP contribution in [0.2, 0.25) is 0 Å². The summed E-state index contributed by atoms with van der Waals surface area (Å²) in [6.45, 7) is 4.00. The second kappa shape index (κ2) is 11.5. The van der Waals surface area contributed by atoms with Gasteiger partial charge in [0.15, 0.2) is 5.82 Å². The smallest absolute Gasteiger partial charge is 0.160 e. The van der Waals surface area contributed by atoms with Crippen LogP contribution < -0.4 is 0 Å². The number of rotatable bonds is 4. The zero-order valence-corrected chi connectivity index (χ0v) is 25.7. The summed E-state index contributed by atoms with van der Waals surface area (Å²) in [7, 11) is 0. The Hall–Kier alpha value is -6.00. The van der Waals surface area contributed by atoms with E-state index in [1.807, 2.05) is 62.4 Å². The Morgan fingerprint density at radius 2 is 1.09 bits per heavy atom. The van der Waals surface area contributed by atoms with Gasteiger partial charge in [-0.1, -0.05) is 129 Å². The molecule has 0 fully saturated rings. The first-order valence-corrected chi connectivity index (χ1v) is 15.8. The number of hydrogen-bond donors (Lipinski definition) is 0. The van der Waals surface area contributed by atoms with Crippen LogP contribution in [0.25, 0.3) is 83.3 Å². The molecule has 0 aliphatic carbocycles. The number of nitrogens with zero attached hydrogens (tertiary/aromatic N) is 3. The Kier molecular flexibility index (Phi) is 6.88. The molecule has 6 aromatic carbocycles. The Labute approximate surface area is 267 Å². The minimum absolute atomic E-state index is 0.700.